The van der Waals surface area contributed by atoms with Crippen LogP contribution in [0.5, 0.6) is 0 Å². The second kappa shape index (κ2) is 11.2. The number of allylic oxidation sites excluding steroid dienone is 1. The van der Waals surface area contributed by atoms with E-state index in [1.54, 1.807) is 6.07 Å². The number of nitrogens with zero attached hydrogens (tertiary/aromatic N) is 2. The summed E-state index contributed by atoms with van der Waals surface area (Å²) in [5, 5.41) is 11.4. The Morgan fingerprint density at radius 1 is 0.975 bits per heavy atom. The molecule has 0 radical (unpaired) electrons. The van der Waals surface area contributed by atoms with E-state index in [1.165, 1.54) is 24.3 Å². The predicted molar refractivity (Wildman–Crippen MR) is 148 cm³/mol. The molecule has 10 nitrogen and oxygen atoms in total. The number of aromatic nitrogens is 1. The molecular weight excluding hydrogens is 512 g/mol. The van der Waals surface area contributed by atoms with Crippen molar-refractivity contribution >= 4 is 46.0 Å². The zero-order valence-corrected chi connectivity index (χ0v) is 21.5. The van der Waals surface area contributed by atoms with E-state index in [1.807, 2.05) is 49.4 Å². The Kier molecular flexibility index (Phi) is 7.32. The van der Waals surface area contributed by atoms with Crippen molar-refractivity contribution in [3.8, 4) is 0 Å². The summed E-state index contributed by atoms with van der Waals surface area (Å²) >= 11 is 0. The highest BCUT2D eigenvalue weighted by Gasteiger charge is 2.28. The summed E-state index contributed by atoms with van der Waals surface area (Å²) in [6.45, 7) is 1.40. The highest BCUT2D eigenvalue weighted by Crippen LogP contribution is 2.37. The molecule has 1 aromatic heterocycles. The first kappa shape index (κ1) is 26.2. The van der Waals surface area contributed by atoms with Crippen molar-refractivity contribution in [2.45, 2.75) is 19.8 Å². The van der Waals surface area contributed by atoms with Gasteiger partial charge in [-0.1, -0.05) is 48.0 Å². The molecule has 2 amide bonds. The minimum absolute atomic E-state index is 0.108. The number of nitrogens with one attached hydrogen (secondary N) is 2. The Hall–Kier alpha value is -5.38. The van der Waals surface area contributed by atoms with Gasteiger partial charge in [-0.2, -0.15) is 0 Å². The minimum Gasteiger partial charge on any atom is -0.452 e. The zero-order chi connectivity index (χ0) is 28.2. The highest BCUT2D eigenvalue weighted by atomic mass is 16.6. The number of hydrazine groups is 1. The molecule has 0 saturated heterocycles. The molecule has 200 valence electrons. The molecule has 5 rings (SSSR count). The Morgan fingerprint density at radius 2 is 1.70 bits per heavy atom. The normalized spacial score (nSPS) is 13.1. The third kappa shape index (κ3) is 5.56. The van der Waals surface area contributed by atoms with Crippen molar-refractivity contribution in [3.63, 3.8) is 0 Å². The standard InChI is InChI=1S/C30H24N4O6/c1-18-6-8-19(9-7-18)16-21-12-15-24-27(23-4-2-3-5-25(23)31-28(21)24)30(37)40-17-26(35)32-33-29(36)20-10-13-22(14-11-20)34(38)39/h2-11,13-14,16H,12,15,17H2,1H3,(H,32,35)(H,33,36)/b21-16-. The number of carbonyl (C=O) groups excluding carboxylic acids is 3. The second-order valence-corrected chi connectivity index (χ2v) is 9.29. The van der Waals surface area contributed by atoms with Gasteiger partial charge in [0.2, 0.25) is 0 Å². The molecule has 0 atom stereocenters. The van der Waals surface area contributed by atoms with Gasteiger partial charge in [0.05, 0.1) is 21.7 Å². The van der Waals surface area contributed by atoms with E-state index in [0.29, 0.717) is 29.3 Å². The number of carbonyl (C=O) groups is 3. The van der Waals surface area contributed by atoms with Crippen LogP contribution in [0.4, 0.5) is 5.69 Å². The molecule has 0 spiro atoms. The van der Waals surface area contributed by atoms with Crippen LogP contribution in [0.3, 0.4) is 0 Å². The summed E-state index contributed by atoms with van der Waals surface area (Å²) in [7, 11) is 0. The van der Waals surface area contributed by atoms with Crippen molar-refractivity contribution < 1.29 is 24.0 Å². The van der Waals surface area contributed by atoms with Crippen LogP contribution in [0.25, 0.3) is 22.6 Å². The first-order valence-electron chi connectivity index (χ1n) is 12.5. The van der Waals surface area contributed by atoms with Crippen molar-refractivity contribution in [3.05, 3.63) is 116 Å². The summed E-state index contributed by atoms with van der Waals surface area (Å²) < 4.78 is 5.35. The van der Waals surface area contributed by atoms with Gasteiger partial charge in [-0.25, -0.2) is 9.78 Å². The number of pyridine rings is 1. The van der Waals surface area contributed by atoms with Crippen LogP contribution in [-0.4, -0.2) is 34.3 Å². The van der Waals surface area contributed by atoms with Crippen LogP contribution in [-0.2, 0) is 16.0 Å². The van der Waals surface area contributed by atoms with Gasteiger partial charge in [0.1, 0.15) is 0 Å². The fourth-order valence-electron chi connectivity index (χ4n) is 4.55. The average Bonchev–Trinajstić information content (AvgIpc) is 3.36. The van der Waals surface area contributed by atoms with Gasteiger partial charge in [-0.15, -0.1) is 0 Å². The maximum Gasteiger partial charge on any atom is 0.339 e. The number of hydrogen-bond donors (Lipinski definition) is 2. The van der Waals surface area contributed by atoms with Gasteiger partial charge in [0.25, 0.3) is 17.5 Å². The number of benzene rings is 3. The molecule has 10 heteroatoms. The van der Waals surface area contributed by atoms with Crippen LogP contribution in [0, 0.1) is 17.0 Å². The molecule has 4 aromatic rings. The van der Waals surface area contributed by atoms with Gasteiger partial charge in [-0.3, -0.25) is 30.6 Å². The molecule has 0 saturated carbocycles. The molecule has 0 fully saturated rings. The lowest BCUT2D eigenvalue weighted by Crippen LogP contribution is -2.43. The van der Waals surface area contributed by atoms with Crippen molar-refractivity contribution in [1.29, 1.82) is 0 Å². The molecule has 3 aromatic carbocycles. The topological polar surface area (TPSA) is 141 Å². The molecule has 1 aliphatic carbocycles. The van der Waals surface area contributed by atoms with Crippen molar-refractivity contribution in [1.82, 2.24) is 15.8 Å². The van der Waals surface area contributed by atoms with E-state index >= 15 is 0 Å². The Balaban J connectivity index is 1.30. The summed E-state index contributed by atoms with van der Waals surface area (Å²) in [4.78, 5) is 52.8. The lowest BCUT2D eigenvalue weighted by atomic mass is 10.0. The molecule has 1 aliphatic rings. The molecule has 0 bridgehead atoms. The first-order valence-corrected chi connectivity index (χ1v) is 12.5. The molecular formula is C30H24N4O6. The number of hydrogen-bond acceptors (Lipinski definition) is 7. The number of rotatable bonds is 6. The van der Waals surface area contributed by atoms with Crippen LogP contribution in [0.1, 0.15) is 49.5 Å². The lowest BCUT2D eigenvalue weighted by Gasteiger charge is -2.13. The summed E-state index contributed by atoms with van der Waals surface area (Å²) in [5.41, 5.74) is 10.1. The second-order valence-electron chi connectivity index (χ2n) is 9.29. The van der Waals surface area contributed by atoms with Crippen molar-refractivity contribution in [2.24, 2.45) is 0 Å². The maximum absolute atomic E-state index is 13.3. The number of ether oxygens (including phenoxy) is 1. The molecule has 0 aliphatic heterocycles. The number of esters is 1. The largest absolute Gasteiger partial charge is 0.452 e. The van der Waals surface area contributed by atoms with E-state index in [4.69, 9.17) is 9.72 Å². The quantitative estimate of drug-likeness (QED) is 0.209. The van der Waals surface area contributed by atoms with Gasteiger partial charge in [0, 0.05) is 23.1 Å². The summed E-state index contributed by atoms with van der Waals surface area (Å²) in [6.07, 6.45) is 3.39. The van der Waals surface area contributed by atoms with E-state index in [9.17, 15) is 24.5 Å². The number of para-hydroxylation sites is 1. The van der Waals surface area contributed by atoms with E-state index < -0.39 is 29.3 Å². The third-order valence-corrected chi connectivity index (χ3v) is 6.55. The van der Waals surface area contributed by atoms with E-state index in [0.717, 1.165) is 28.0 Å². The fourth-order valence-corrected chi connectivity index (χ4v) is 4.55. The SMILES string of the molecule is Cc1ccc(/C=C2/CCc3c2nc2ccccc2c3C(=O)OCC(=O)NNC(=O)c2ccc([N+](=O)[O-])cc2)cc1. The van der Waals surface area contributed by atoms with Crippen LogP contribution < -0.4 is 10.9 Å². The number of nitro benzene ring substituents is 1. The predicted octanol–water partition coefficient (Wildman–Crippen LogP) is 4.56. The third-order valence-electron chi connectivity index (χ3n) is 6.55. The number of nitro groups is 1. The van der Waals surface area contributed by atoms with Gasteiger partial charge < -0.3 is 4.74 Å². The summed E-state index contributed by atoms with van der Waals surface area (Å²) in [5.74, 6) is -2.10. The number of non-ortho nitro benzene ring substituents is 1. The van der Waals surface area contributed by atoms with Crippen LogP contribution >= 0.6 is 0 Å². The molecule has 1 heterocycles. The van der Waals surface area contributed by atoms with Crippen molar-refractivity contribution in [2.75, 3.05) is 6.61 Å². The Bertz CT molecular complexity index is 1680. The average molecular weight is 537 g/mol. The van der Waals surface area contributed by atoms with E-state index in [2.05, 4.69) is 16.9 Å². The first-order chi connectivity index (χ1) is 19.3. The highest BCUT2D eigenvalue weighted by molar-refractivity contribution is 6.07. The van der Waals surface area contributed by atoms with Gasteiger partial charge >= 0.3 is 5.97 Å². The smallest absolute Gasteiger partial charge is 0.339 e. The van der Waals surface area contributed by atoms with E-state index in [-0.39, 0.29) is 11.3 Å². The van der Waals surface area contributed by atoms with Gasteiger partial charge in [-0.05, 0) is 60.7 Å². The van der Waals surface area contributed by atoms with Crippen LogP contribution in [0.15, 0.2) is 72.8 Å². The number of aryl methyl sites for hydroxylation is 1. The Labute approximate surface area is 228 Å². The van der Waals surface area contributed by atoms with Gasteiger partial charge in [0.15, 0.2) is 6.61 Å². The fraction of sp³-hybridized carbons (Fsp3) is 0.133. The van der Waals surface area contributed by atoms with Crippen LogP contribution in [0.2, 0.25) is 0 Å². The molecule has 0 unspecified atom stereocenters. The molecule has 40 heavy (non-hydrogen) atoms. The summed E-state index contributed by atoms with van der Waals surface area (Å²) in [6, 6.07) is 20.3. The monoisotopic (exact) mass is 536 g/mol. The number of amides is 2. The lowest BCUT2D eigenvalue weighted by molar-refractivity contribution is -0.384. The number of fused-ring (bicyclic) bond motifs is 2. The molecule has 2 N–H and O–H groups in total. The Morgan fingerprint density at radius 3 is 2.42 bits per heavy atom. The minimum atomic E-state index is -0.751. The zero-order valence-electron chi connectivity index (χ0n) is 21.5. The maximum atomic E-state index is 13.3.